The molecule has 4 N–H and O–H groups in total. The minimum atomic E-state index is -0.518. The number of hydrogen-bond acceptors (Lipinski definition) is 3. The van der Waals surface area contributed by atoms with Gasteiger partial charge in [0.2, 0.25) is 11.8 Å². The van der Waals surface area contributed by atoms with E-state index in [1.807, 2.05) is 30.5 Å². The number of para-hydroxylation sites is 1. The van der Waals surface area contributed by atoms with Crippen molar-refractivity contribution in [2.75, 3.05) is 19.8 Å². The first-order chi connectivity index (χ1) is 9.66. The Balaban J connectivity index is 1.78. The topological polar surface area (TPSA) is 97.2 Å². The van der Waals surface area contributed by atoms with Crippen LogP contribution in [0.1, 0.15) is 5.56 Å². The van der Waals surface area contributed by atoms with Crippen molar-refractivity contribution in [3.63, 3.8) is 0 Å². The van der Waals surface area contributed by atoms with E-state index in [-0.39, 0.29) is 19.1 Å². The Hall–Kier alpha value is -2.34. The fourth-order valence-corrected chi connectivity index (χ4v) is 1.95. The maximum absolute atomic E-state index is 11.8. The zero-order valence-electron chi connectivity index (χ0n) is 11.0. The summed E-state index contributed by atoms with van der Waals surface area (Å²) >= 11 is 0. The standard InChI is InChI=1S/C14H17N3O3/c15-13(18)9-20-6-5-16-14(19)7-10-8-17-12-4-2-1-3-11(10)12/h1-4,8,17H,5-7,9H2,(H2,15,18)(H,16,19). The predicted octanol–water partition coefficient (Wildman–Crippen LogP) is 0.329. The summed E-state index contributed by atoms with van der Waals surface area (Å²) < 4.78 is 4.96. The highest BCUT2D eigenvalue weighted by molar-refractivity contribution is 5.88. The average molecular weight is 275 g/mol. The van der Waals surface area contributed by atoms with E-state index in [0.717, 1.165) is 16.5 Å². The molecule has 0 saturated carbocycles. The minimum absolute atomic E-state index is 0.0857. The van der Waals surface area contributed by atoms with Crippen molar-refractivity contribution < 1.29 is 14.3 Å². The van der Waals surface area contributed by atoms with Gasteiger partial charge in [0.1, 0.15) is 6.61 Å². The van der Waals surface area contributed by atoms with Crippen LogP contribution in [0.4, 0.5) is 0 Å². The maximum Gasteiger partial charge on any atom is 0.243 e. The summed E-state index contributed by atoms with van der Waals surface area (Å²) in [6.45, 7) is 0.495. The van der Waals surface area contributed by atoms with Crippen LogP contribution in [0.5, 0.6) is 0 Å². The molecular formula is C14H17N3O3. The SMILES string of the molecule is NC(=O)COCCNC(=O)Cc1c[nH]c2ccccc12. The molecule has 0 bridgehead atoms. The lowest BCUT2D eigenvalue weighted by Gasteiger charge is -2.05. The van der Waals surface area contributed by atoms with Crippen molar-refractivity contribution >= 4 is 22.7 Å². The summed E-state index contributed by atoms with van der Waals surface area (Å²) in [7, 11) is 0. The van der Waals surface area contributed by atoms with Crippen LogP contribution in [0.25, 0.3) is 10.9 Å². The fraction of sp³-hybridized carbons (Fsp3) is 0.286. The molecule has 0 atom stereocenters. The van der Waals surface area contributed by atoms with Gasteiger partial charge in [0.05, 0.1) is 13.0 Å². The quantitative estimate of drug-likeness (QED) is 0.635. The highest BCUT2D eigenvalue weighted by Gasteiger charge is 2.07. The van der Waals surface area contributed by atoms with Crippen molar-refractivity contribution in [3.8, 4) is 0 Å². The number of ether oxygens (including phenoxy) is 1. The van der Waals surface area contributed by atoms with E-state index in [1.165, 1.54) is 0 Å². The Morgan fingerprint density at radius 2 is 2.10 bits per heavy atom. The molecule has 2 amide bonds. The van der Waals surface area contributed by atoms with Crippen molar-refractivity contribution in [2.24, 2.45) is 5.73 Å². The maximum atomic E-state index is 11.8. The number of aromatic nitrogens is 1. The van der Waals surface area contributed by atoms with E-state index < -0.39 is 5.91 Å². The number of carbonyl (C=O) groups excluding carboxylic acids is 2. The molecule has 1 heterocycles. The lowest BCUT2D eigenvalue weighted by atomic mass is 10.1. The van der Waals surface area contributed by atoms with Crippen LogP contribution in [-0.2, 0) is 20.7 Å². The lowest BCUT2D eigenvalue weighted by molar-refractivity contribution is -0.122. The number of primary amides is 1. The van der Waals surface area contributed by atoms with Gasteiger partial charge in [-0.2, -0.15) is 0 Å². The van der Waals surface area contributed by atoms with Crippen molar-refractivity contribution in [1.82, 2.24) is 10.3 Å². The number of fused-ring (bicyclic) bond motifs is 1. The third kappa shape index (κ3) is 3.83. The van der Waals surface area contributed by atoms with Gasteiger partial charge in [-0.25, -0.2) is 0 Å². The number of nitrogens with two attached hydrogens (primary N) is 1. The van der Waals surface area contributed by atoms with Crippen LogP contribution in [-0.4, -0.2) is 36.6 Å². The van der Waals surface area contributed by atoms with Crippen molar-refractivity contribution in [3.05, 3.63) is 36.0 Å². The summed E-state index contributed by atoms with van der Waals surface area (Å²) in [6, 6.07) is 7.83. The fourth-order valence-electron chi connectivity index (χ4n) is 1.95. The Kier molecular flexibility index (Phi) is 4.73. The third-order valence-electron chi connectivity index (χ3n) is 2.84. The molecule has 0 aliphatic rings. The number of amides is 2. The summed E-state index contributed by atoms with van der Waals surface area (Å²) in [5.74, 6) is -0.604. The number of aromatic amines is 1. The number of carbonyl (C=O) groups is 2. The smallest absolute Gasteiger partial charge is 0.243 e. The summed E-state index contributed by atoms with van der Waals surface area (Å²) in [6.07, 6.45) is 2.15. The Morgan fingerprint density at radius 3 is 2.90 bits per heavy atom. The van der Waals surface area contributed by atoms with Crippen molar-refractivity contribution in [1.29, 1.82) is 0 Å². The van der Waals surface area contributed by atoms with Crippen LogP contribution in [0.2, 0.25) is 0 Å². The summed E-state index contributed by atoms with van der Waals surface area (Å²) in [5.41, 5.74) is 6.89. The molecule has 0 spiro atoms. The number of H-pyrrole nitrogens is 1. The molecule has 0 radical (unpaired) electrons. The van der Waals surface area contributed by atoms with Crippen LogP contribution in [0.3, 0.4) is 0 Å². The van der Waals surface area contributed by atoms with Gasteiger partial charge in [-0.1, -0.05) is 18.2 Å². The van der Waals surface area contributed by atoms with Gasteiger partial charge < -0.3 is 20.8 Å². The molecule has 20 heavy (non-hydrogen) atoms. The van der Waals surface area contributed by atoms with Crippen molar-refractivity contribution in [2.45, 2.75) is 6.42 Å². The van der Waals surface area contributed by atoms with Crippen LogP contribution in [0, 0.1) is 0 Å². The van der Waals surface area contributed by atoms with Crippen LogP contribution < -0.4 is 11.1 Å². The third-order valence-corrected chi connectivity index (χ3v) is 2.84. The van der Waals surface area contributed by atoms with Gasteiger partial charge >= 0.3 is 0 Å². The van der Waals surface area contributed by atoms with Crippen LogP contribution in [0.15, 0.2) is 30.5 Å². The van der Waals surface area contributed by atoms with Gasteiger partial charge in [0, 0.05) is 23.6 Å². The minimum Gasteiger partial charge on any atom is -0.370 e. The molecule has 106 valence electrons. The second-order valence-electron chi connectivity index (χ2n) is 4.41. The second-order valence-corrected chi connectivity index (χ2v) is 4.41. The first-order valence-corrected chi connectivity index (χ1v) is 6.34. The average Bonchev–Trinajstić information content (AvgIpc) is 2.81. The monoisotopic (exact) mass is 275 g/mol. The van der Waals surface area contributed by atoms with E-state index in [9.17, 15) is 9.59 Å². The van der Waals surface area contributed by atoms with E-state index in [1.54, 1.807) is 0 Å². The molecule has 0 fully saturated rings. The molecule has 6 heteroatoms. The molecule has 0 saturated heterocycles. The summed E-state index contributed by atoms with van der Waals surface area (Å²) in [5, 5.41) is 3.78. The molecule has 0 aliphatic carbocycles. The van der Waals surface area contributed by atoms with E-state index in [0.29, 0.717) is 13.0 Å². The molecule has 6 nitrogen and oxygen atoms in total. The van der Waals surface area contributed by atoms with Gasteiger partial charge in [-0.05, 0) is 11.6 Å². The summed E-state index contributed by atoms with van der Waals surface area (Å²) in [4.78, 5) is 25.3. The highest BCUT2D eigenvalue weighted by Crippen LogP contribution is 2.17. The molecule has 2 rings (SSSR count). The Morgan fingerprint density at radius 1 is 1.30 bits per heavy atom. The second kappa shape index (κ2) is 6.72. The molecule has 1 aromatic carbocycles. The van der Waals surface area contributed by atoms with Gasteiger partial charge in [-0.15, -0.1) is 0 Å². The van der Waals surface area contributed by atoms with Gasteiger partial charge in [0.25, 0.3) is 0 Å². The molecule has 0 aliphatic heterocycles. The highest BCUT2D eigenvalue weighted by atomic mass is 16.5. The first-order valence-electron chi connectivity index (χ1n) is 6.34. The Labute approximate surface area is 116 Å². The number of rotatable bonds is 7. The van der Waals surface area contributed by atoms with Gasteiger partial charge in [0.15, 0.2) is 0 Å². The first kappa shape index (κ1) is 14.1. The van der Waals surface area contributed by atoms with E-state index in [2.05, 4.69) is 10.3 Å². The Bertz CT molecular complexity index is 606. The number of nitrogens with one attached hydrogen (secondary N) is 2. The normalized spacial score (nSPS) is 10.6. The van der Waals surface area contributed by atoms with E-state index >= 15 is 0 Å². The number of hydrogen-bond donors (Lipinski definition) is 3. The zero-order valence-corrected chi connectivity index (χ0v) is 11.0. The van der Waals surface area contributed by atoms with E-state index in [4.69, 9.17) is 10.5 Å². The zero-order chi connectivity index (χ0) is 14.4. The predicted molar refractivity (Wildman–Crippen MR) is 75.0 cm³/mol. The van der Waals surface area contributed by atoms with Gasteiger partial charge in [-0.3, -0.25) is 9.59 Å². The number of benzene rings is 1. The lowest BCUT2D eigenvalue weighted by Crippen LogP contribution is -2.29. The molecule has 2 aromatic rings. The molecular weight excluding hydrogens is 258 g/mol. The molecule has 1 aromatic heterocycles. The van der Waals surface area contributed by atoms with Crippen LogP contribution >= 0.6 is 0 Å². The molecule has 0 unspecified atom stereocenters. The largest absolute Gasteiger partial charge is 0.370 e.